The molecule has 4 nitrogen and oxygen atoms in total. The predicted octanol–water partition coefficient (Wildman–Crippen LogP) is 8.72. The van der Waals surface area contributed by atoms with Crippen molar-refractivity contribution in [2.24, 2.45) is 10.8 Å². The third kappa shape index (κ3) is 8.71. The van der Waals surface area contributed by atoms with Gasteiger partial charge >= 0.3 is 0 Å². The summed E-state index contributed by atoms with van der Waals surface area (Å²) in [5.41, 5.74) is 6.63. The van der Waals surface area contributed by atoms with Crippen LogP contribution in [0, 0.1) is 10.8 Å². The largest absolute Gasteiger partial charge is 0.393 e. The van der Waals surface area contributed by atoms with Gasteiger partial charge in [-0.1, -0.05) is 111 Å². The average Bonchev–Trinajstić information content (AvgIpc) is 3.49. The molecular formula is C40H56O4. The molecule has 4 heteroatoms. The molecule has 0 bridgehead atoms. The Balaban J connectivity index is 1.53. The van der Waals surface area contributed by atoms with Crippen molar-refractivity contribution >= 4 is 0 Å². The summed E-state index contributed by atoms with van der Waals surface area (Å²) in [6, 6.07) is 0. The monoisotopic (exact) mass is 600 g/mol. The minimum atomic E-state index is -1.05. The summed E-state index contributed by atoms with van der Waals surface area (Å²) in [7, 11) is 0. The number of allylic oxidation sites excluding steroid dienone is 15. The van der Waals surface area contributed by atoms with E-state index in [9.17, 15) is 15.3 Å². The van der Waals surface area contributed by atoms with Crippen LogP contribution < -0.4 is 0 Å². The number of hydrogen-bond acceptors (Lipinski definition) is 4. The van der Waals surface area contributed by atoms with E-state index in [2.05, 4.69) is 110 Å². The van der Waals surface area contributed by atoms with Gasteiger partial charge in [0.25, 0.3) is 0 Å². The van der Waals surface area contributed by atoms with Crippen molar-refractivity contribution in [1.29, 1.82) is 0 Å². The molecule has 3 aliphatic rings. The van der Waals surface area contributed by atoms with Crippen LogP contribution in [0.1, 0.15) is 94.9 Å². The first-order valence-corrected chi connectivity index (χ1v) is 16.0. The molecule has 3 rings (SSSR count). The van der Waals surface area contributed by atoms with Crippen LogP contribution in [0.5, 0.6) is 0 Å². The Morgan fingerprint density at radius 3 is 1.73 bits per heavy atom. The summed E-state index contributed by atoms with van der Waals surface area (Å²) in [6.45, 7) is 20.6. The molecule has 0 radical (unpaired) electrons. The predicted molar refractivity (Wildman–Crippen MR) is 184 cm³/mol. The minimum Gasteiger partial charge on any atom is -0.393 e. The van der Waals surface area contributed by atoms with Crippen LogP contribution in [0.3, 0.4) is 0 Å². The Kier molecular flexibility index (Phi) is 11.2. The highest BCUT2D eigenvalue weighted by Gasteiger charge is 2.74. The number of fused-ring (bicyclic) bond motifs is 1. The topological polar surface area (TPSA) is 73.2 Å². The SMILES string of the molecule is C/C(C=C=C1C(C)(C)C[C@H](O)C[C@@]1(C)O)=C/C=C/C(C)=C/C=C/C=C(C)/C=C/C=C(C)/C=C/[C@@]12O[C@]1(C)C[C@@H](O)CC2(C)C. The summed E-state index contributed by atoms with van der Waals surface area (Å²) in [5, 5.41) is 31.2. The third-order valence-electron chi connectivity index (χ3n) is 9.39. The van der Waals surface area contributed by atoms with E-state index in [4.69, 9.17) is 4.74 Å². The molecule has 0 unspecified atom stereocenters. The Bertz CT molecular complexity index is 1360. The molecule has 0 amide bonds. The molecule has 44 heavy (non-hydrogen) atoms. The highest BCUT2D eigenvalue weighted by Crippen LogP contribution is 2.66. The maximum atomic E-state index is 10.9. The molecule has 240 valence electrons. The van der Waals surface area contributed by atoms with Crippen molar-refractivity contribution in [2.45, 2.75) is 124 Å². The molecule has 0 aromatic rings. The summed E-state index contributed by atoms with van der Waals surface area (Å²) >= 11 is 0. The van der Waals surface area contributed by atoms with Crippen molar-refractivity contribution in [1.82, 2.24) is 0 Å². The zero-order chi connectivity index (χ0) is 33.0. The van der Waals surface area contributed by atoms with Crippen LogP contribution in [0.2, 0.25) is 0 Å². The van der Waals surface area contributed by atoms with Gasteiger partial charge < -0.3 is 20.1 Å². The van der Waals surface area contributed by atoms with Gasteiger partial charge in [-0.05, 0) is 77.5 Å². The van der Waals surface area contributed by atoms with E-state index < -0.39 is 11.7 Å². The second-order valence-electron chi connectivity index (χ2n) is 15.0. The second kappa shape index (κ2) is 13.7. The van der Waals surface area contributed by atoms with Crippen molar-refractivity contribution in [3.8, 4) is 0 Å². The summed E-state index contributed by atoms with van der Waals surface area (Å²) < 4.78 is 6.24. The lowest BCUT2D eigenvalue weighted by Gasteiger charge is -2.43. The maximum Gasteiger partial charge on any atom is 0.121 e. The van der Waals surface area contributed by atoms with E-state index >= 15 is 0 Å². The van der Waals surface area contributed by atoms with Crippen molar-refractivity contribution in [2.75, 3.05) is 0 Å². The lowest BCUT2D eigenvalue weighted by molar-refractivity contribution is -0.0268. The number of hydrogen-bond donors (Lipinski definition) is 3. The molecule has 1 aliphatic heterocycles. The van der Waals surface area contributed by atoms with Gasteiger partial charge in [-0.25, -0.2) is 0 Å². The lowest BCUT2D eigenvalue weighted by Crippen LogP contribution is -2.46. The van der Waals surface area contributed by atoms with Crippen LogP contribution in [0.4, 0.5) is 0 Å². The van der Waals surface area contributed by atoms with Crippen molar-refractivity contribution < 1.29 is 20.1 Å². The first-order valence-electron chi connectivity index (χ1n) is 16.0. The zero-order valence-electron chi connectivity index (χ0n) is 28.7. The fraction of sp³-hybridized carbons (Fsp3) is 0.525. The highest BCUT2D eigenvalue weighted by molar-refractivity contribution is 5.37. The Labute approximate surface area is 267 Å². The summed E-state index contributed by atoms with van der Waals surface area (Å²) in [4.78, 5) is 0. The summed E-state index contributed by atoms with van der Waals surface area (Å²) in [5.74, 6) is 0. The van der Waals surface area contributed by atoms with E-state index in [0.717, 1.165) is 34.3 Å². The van der Waals surface area contributed by atoms with E-state index in [0.29, 0.717) is 19.3 Å². The number of aliphatic hydroxyl groups excluding tert-OH is 2. The fourth-order valence-corrected chi connectivity index (χ4v) is 7.25. The molecule has 2 saturated carbocycles. The number of rotatable bonds is 9. The first kappa shape index (κ1) is 35.8. The Hall–Kier alpha value is -2.72. The van der Waals surface area contributed by atoms with E-state index in [1.54, 1.807) is 6.92 Å². The standard InChI is InChI=1S/C40H56O4/c1-29(17-13-19-31(3)21-22-35-36(5,6)25-33(41)27-38(35,9)43)15-11-12-16-30(2)18-14-20-32(4)23-24-40-37(7,8)26-34(42)28-39(40,10)44-40/h11-21,23-24,33-34,41-43H,25-28H2,1-10H3/b12-11+,17-13+,18-14+,24-23+,29-15+,30-16+,31-19-,32-20+/t22?,33-,34-,38+,39+,40-/m0/s1. The molecule has 3 N–H and O–H groups in total. The molecule has 1 saturated heterocycles. The van der Waals surface area contributed by atoms with Crippen LogP contribution >= 0.6 is 0 Å². The lowest BCUT2D eigenvalue weighted by atomic mass is 9.63. The quantitative estimate of drug-likeness (QED) is 0.141. The molecule has 0 aromatic carbocycles. The van der Waals surface area contributed by atoms with Gasteiger partial charge in [0.05, 0.1) is 17.8 Å². The van der Waals surface area contributed by atoms with Gasteiger partial charge in [-0.2, -0.15) is 0 Å². The zero-order valence-corrected chi connectivity index (χ0v) is 28.7. The number of aliphatic hydroxyl groups is 3. The first-order chi connectivity index (χ1) is 20.3. The third-order valence-corrected chi connectivity index (χ3v) is 9.39. The second-order valence-corrected chi connectivity index (χ2v) is 15.0. The average molecular weight is 601 g/mol. The van der Waals surface area contributed by atoms with E-state index in [-0.39, 0.29) is 28.1 Å². The minimum absolute atomic E-state index is 0.103. The van der Waals surface area contributed by atoms with Crippen LogP contribution in [0.25, 0.3) is 0 Å². The van der Waals surface area contributed by atoms with E-state index in [1.165, 1.54) is 0 Å². The maximum absolute atomic E-state index is 10.9. The molecule has 0 spiro atoms. The van der Waals surface area contributed by atoms with Gasteiger partial charge in [-0.15, -0.1) is 5.73 Å². The molecule has 2 aliphatic carbocycles. The van der Waals surface area contributed by atoms with Crippen LogP contribution in [0.15, 0.2) is 113 Å². The van der Waals surface area contributed by atoms with Crippen LogP contribution in [-0.2, 0) is 4.74 Å². The van der Waals surface area contributed by atoms with E-state index in [1.807, 2.05) is 37.3 Å². The van der Waals surface area contributed by atoms with Gasteiger partial charge in [-0.3, -0.25) is 0 Å². The molecule has 1 heterocycles. The van der Waals surface area contributed by atoms with Gasteiger partial charge in [0.15, 0.2) is 0 Å². The van der Waals surface area contributed by atoms with Crippen LogP contribution in [-0.4, -0.2) is 44.3 Å². The normalized spacial score (nSPS) is 34.7. The molecular weight excluding hydrogens is 544 g/mol. The van der Waals surface area contributed by atoms with Gasteiger partial charge in [0.1, 0.15) is 11.2 Å². The number of epoxide rings is 1. The highest BCUT2D eigenvalue weighted by atomic mass is 16.6. The van der Waals surface area contributed by atoms with Crippen molar-refractivity contribution in [3.63, 3.8) is 0 Å². The summed E-state index contributed by atoms with van der Waals surface area (Å²) in [6.07, 6.45) is 28.5. The van der Waals surface area contributed by atoms with Gasteiger partial charge in [0.2, 0.25) is 0 Å². The van der Waals surface area contributed by atoms with Gasteiger partial charge in [0, 0.05) is 23.8 Å². The molecule has 3 fully saturated rings. The molecule has 0 aromatic heterocycles. The van der Waals surface area contributed by atoms with Crippen molar-refractivity contribution in [3.05, 3.63) is 113 Å². The molecule has 5 atom stereocenters. The fourth-order valence-electron chi connectivity index (χ4n) is 7.25. The number of ether oxygens (including phenoxy) is 1. The smallest absolute Gasteiger partial charge is 0.121 e. The Morgan fingerprint density at radius 2 is 1.18 bits per heavy atom. The Morgan fingerprint density at radius 1 is 0.682 bits per heavy atom.